The van der Waals surface area contributed by atoms with Crippen molar-refractivity contribution in [2.75, 3.05) is 32.5 Å². The molecule has 0 unspecified atom stereocenters. The van der Waals surface area contributed by atoms with E-state index in [1.54, 1.807) is 24.3 Å². The molecule has 0 aromatic heterocycles. The normalized spacial score (nSPS) is 10.4. The summed E-state index contributed by atoms with van der Waals surface area (Å²) in [4.78, 5) is 24.9. The number of hydrogen-bond acceptors (Lipinski definition) is 3. The fourth-order valence-electron chi connectivity index (χ4n) is 1.77. The van der Waals surface area contributed by atoms with E-state index in [2.05, 4.69) is 15.5 Å². The zero-order valence-corrected chi connectivity index (χ0v) is 12.4. The predicted octanol–water partition coefficient (Wildman–Crippen LogP) is 1.72. The van der Waals surface area contributed by atoms with Crippen LogP contribution >= 0.6 is 0 Å². The molecule has 5 heteroatoms. The molecule has 2 N–H and O–H groups in total. The van der Waals surface area contributed by atoms with Crippen molar-refractivity contribution in [3.63, 3.8) is 0 Å². The molecular formula is C15H23N3O2. The zero-order valence-electron chi connectivity index (χ0n) is 12.4. The summed E-state index contributed by atoms with van der Waals surface area (Å²) in [6, 6.07) is 6.87. The number of amides is 2. The molecule has 0 aliphatic rings. The van der Waals surface area contributed by atoms with Crippen LogP contribution in [0.1, 0.15) is 30.1 Å². The number of anilines is 1. The van der Waals surface area contributed by atoms with Gasteiger partial charge in [0, 0.05) is 24.7 Å². The van der Waals surface area contributed by atoms with E-state index >= 15 is 0 Å². The van der Waals surface area contributed by atoms with Gasteiger partial charge in [-0.05, 0) is 57.7 Å². The molecular weight excluding hydrogens is 254 g/mol. The van der Waals surface area contributed by atoms with Crippen molar-refractivity contribution >= 4 is 17.5 Å². The second-order valence-corrected chi connectivity index (χ2v) is 5.02. The van der Waals surface area contributed by atoms with Crippen LogP contribution in [0.5, 0.6) is 0 Å². The van der Waals surface area contributed by atoms with E-state index in [9.17, 15) is 9.59 Å². The highest BCUT2D eigenvalue weighted by Gasteiger charge is 2.04. The lowest BCUT2D eigenvalue weighted by molar-refractivity contribution is -0.114. The largest absolute Gasteiger partial charge is 0.352 e. The van der Waals surface area contributed by atoms with Crippen LogP contribution in [0.15, 0.2) is 24.3 Å². The monoisotopic (exact) mass is 277 g/mol. The molecule has 0 radical (unpaired) electrons. The van der Waals surface area contributed by atoms with Crippen molar-refractivity contribution in [3.05, 3.63) is 29.8 Å². The standard InChI is InChI=1S/C15H23N3O2/c1-12(19)17-14-8-6-13(7-9-14)15(20)16-10-4-5-11-18(2)3/h6-9H,4-5,10-11H2,1-3H3,(H,16,20)(H,17,19). The van der Waals surface area contributed by atoms with Gasteiger partial charge in [-0.1, -0.05) is 0 Å². The van der Waals surface area contributed by atoms with Gasteiger partial charge in [-0.2, -0.15) is 0 Å². The smallest absolute Gasteiger partial charge is 0.251 e. The Kier molecular flexibility index (Phi) is 6.73. The Balaban J connectivity index is 2.34. The van der Waals surface area contributed by atoms with E-state index < -0.39 is 0 Å². The van der Waals surface area contributed by atoms with Gasteiger partial charge in [0.25, 0.3) is 5.91 Å². The molecule has 0 atom stereocenters. The minimum absolute atomic E-state index is 0.0794. The van der Waals surface area contributed by atoms with Crippen LogP contribution in [0.4, 0.5) is 5.69 Å². The van der Waals surface area contributed by atoms with Gasteiger partial charge < -0.3 is 15.5 Å². The topological polar surface area (TPSA) is 61.4 Å². The molecule has 0 saturated carbocycles. The molecule has 1 rings (SSSR count). The Morgan fingerprint density at radius 3 is 2.30 bits per heavy atom. The van der Waals surface area contributed by atoms with Gasteiger partial charge in [0.1, 0.15) is 0 Å². The van der Waals surface area contributed by atoms with Crippen LogP contribution in [0, 0.1) is 0 Å². The molecule has 0 aliphatic heterocycles. The molecule has 0 bridgehead atoms. The number of hydrogen-bond donors (Lipinski definition) is 2. The molecule has 0 aliphatic carbocycles. The van der Waals surface area contributed by atoms with Gasteiger partial charge in [0.15, 0.2) is 0 Å². The third kappa shape index (κ3) is 6.33. The third-order valence-electron chi connectivity index (χ3n) is 2.79. The molecule has 0 fully saturated rings. The summed E-state index contributed by atoms with van der Waals surface area (Å²) in [5, 5.41) is 5.55. The number of unbranched alkanes of at least 4 members (excludes halogenated alkanes) is 1. The first kappa shape index (κ1) is 16.2. The lowest BCUT2D eigenvalue weighted by Crippen LogP contribution is -2.25. The fraction of sp³-hybridized carbons (Fsp3) is 0.467. The van der Waals surface area contributed by atoms with Crippen molar-refractivity contribution in [1.29, 1.82) is 0 Å². The molecule has 110 valence electrons. The minimum Gasteiger partial charge on any atom is -0.352 e. The van der Waals surface area contributed by atoms with Gasteiger partial charge in [-0.25, -0.2) is 0 Å². The number of nitrogens with zero attached hydrogens (tertiary/aromatic N) is 1. The summed E-state index contributed by atoms with van der Waals surface area (Å²) >= 11 is 0. The van der Waals surface area contributed by atoms with E-state index in [0.717, 1.165) is 19.4 Å². The van der Waals surface area contributed by atoms with Crippen molar-refractivity contribution in [2.45, 2.75) is 19.8 Å². The third-order valence-corrected chi connectivity index (χ3v) is 2.79. The molecule has 0 spiro atoms. The highest BCUT2D eigenvalue weighted by atomic mass is 16.2. The summed E-state index contributed by atoms with van der Waals surface area (Å²) < 4.78 is 0. The van der Waals surface area contributed by atoms with E-state index in [0.29, 0.717) is 17.8 Å². The van der Waals surface area contributed by atoms with Crippen LogP contribution in [0.3, 0.4) is 0 Å². The van der Waals surface area contributed by atoms with Crippen LogP contribution < -0.4 is 10.6 Å². The number of benzene rings is 1. The maximum Gasteiger partial charge on any atom is 0.251 e. The van der Waals surface area contributed by atoms with Crippen molar-refractivity contribution < 1.29 is 9.59 Å². The molecule has 0 heterocycles. The Bertz CT molecular complexity index is 441. The van der Waals surface area contributed by atoms with Crippen LogP contribution in [-0.4, -0.2) is 43.9 Å². The first-order valence-electron chi connectivity index (χ1n) is 6.79. The lowest BCUT2D eigenvalue weighted by Gasteiger charge is -2.09. The van der Waals surface area contributed by atoms with E-state index in [1.807, 2.05) is 14.1 Å². The Morgan fingerprint density at radius 1 is 1.10 bits per heavy atom. The highest BCUT2D eigenvalue weighted by molar-refractivity contribution is 5.95. The molecule has 20 heavy (non-hydrogen) atoms. The van der Waals surface area contributed by atoms with Crippen LogP contribution in [-0.2, 0) is 4.79 Å². The van der Waals surface area contributed by atoms with Gasteiger partial charge in [0.2, 0.25) is 5.91 Å². The number of rotatable bonds is 7. The Hall–Kier alpha value is -1.88. The first-order valence-corrected chi connectivity index (χ1v) is 6.79. The quantitative estimate of drug-likeness (QED) is 0.746. The summed E-state index contributed by atoms with van der Waals surface area (Å²) in [6.07, 6.45) is 2.03. The number of carbonyl (C=O) groups excluding carboxylic acids is 2. The number of nitrogens with one attached hydrogen (secondary N) is 2. The molecule has 1 aromatic carbocycles. The summed E-state index contributed by atoms with van der Waals surface area (Å²) in [6.45, 7) is 3.16. The molecule has 1 aromatic rings. The molecule has 0 saturated heterocycles. The zero-order chi connectivity index (χ0) is 15.0. The summed E-state index contributed by atoms with van der Waals surface area (Å²) in [5.74, 6) is -0.202. The second kappa shape index (κ2) is 8.32. The fourth-order valence-corrected chi connectivity index (χ4v) is 1.77. The van der Waals surface area contributed by atoms with Crippen molar-refractivity contribution in [2.24, 2.45) is 0 Å². The predicted molar refractivity (Wildman–Crippen MR) is 80.9 cm³/mol. The van der Waals surface area contributed by atoms with Crippen LogP contribution in [0.2, 0.25) is 0 Å². The summed E-state index contributed by atoms with van der Waals surface area (Å²) in [5.41, 5.74) is 1.30. The van der Waals surface area contributed by atoms with Gasteiger partial charge in [-0.3, -0.25) is 9.59 Å². The second-order valence-electron chi connectivity index (χ2n) is 5.02. The van der Waals surface area contributed by atoms with E-state index in [-0.39, 0.29) is 11.8 Å². The van der Waals surface area contributed by atoms with Crippen molar-refractivity contribution in [3.8, 4) is 0 Å². The van der Waals surface area contributed by atoms with Gasteiger partial charge in [0.05, 0.1) is 0 Å². The highest BCUT2D eigenvalue weighted by Crippen LogP contribution is 2.09. The summed E-state index contributed by atoms with van der Waals surface area (Å²) in [7, 11) is 4.07. The van der Waals surface area contributed by atoms with E-state index in [1.165, 1.54) is 6.92 Å². The first-order chi connectivity index (χ1) is 9.49. The Morgan fingerprint density at radius 2 is 1.75 bits per heavy atom. The van der Waals surface area contributed by atoms with Gasteiger partial charge in [-0.15, -0.1) is 0 Å². The maximum atomic E-state index is 11.9. The molecule has 2 amide bonds. The van der Waals surface area contributed by atoms with Gasteiger partial charge >= 0.3 is 0 Å². The minimum atomic E-state index is -0.122. The average molecular weight is 277 g/mol. The van der Waals surface area contributed by atoms with E-state index in [4.69, 9.17) is 0 Å². The average Bonchev–Trinajstić information content (AvgIpc) is 2.38. The Labute approximate surface area is 120 Å². The SMILES string of the molecule is CC(=O)Nc1ccc(C(=O)NCCCCN(C)C)cc1. The van der Waals surface area contributed by atoms with Crippen LogP contribution in [0.25, 0.3) is 0 Å². The maximum absolute atomic E-state index is 11.9. The lowest BCUT2D eigenvalue weighted by atomic mass is 10.2. The molecule has 5 nitrogen and oxygen atoms in total. The van der Waals surface area contributed by atoms with Crippen molar-refractivity contribution in [1.82, 2.24) is 10.2 Å². The number of carbonyl (C=O) groups is 2.